The number of hydrogen-bond acceptors (Lipinski definition) is 4. The zero-order valence-electron chi connectivity index (χ0n) is 21.1. The lowest BCUT2D eigenvalue weighted by molar-refractivity contribution is -0.138. The summed E-state index contributed by atoms with van der Waals surface area (Å²) in [4.78, 5) is 36.8. The van der Waals surface area contributed by atoms with Crippen LogP contribution < -0.4 is 5.56 Å². The van der Waals surface area contributed by atoms with E-state index in [1.54, 1.807) is 10.6 Å². The van der Waals surface area contributed by atoms with E-state index >= 15 is 0 Å². The van der Waals surface area contributed by atoms with Gasteiger partial charge in [0.1, 0.15) is 5.82 Å². The Hall–Kier alpha value is -2.70. The number of amides is 1. The predicted octanol–water partition coefficient (Wildman–Crippen LogP) is 5.38. The topological polar surface area (TPSA) is 58.4 Å². The molecule has 0 bridgehead atoms. The highest BCUT2D eigenvalue weighted by Crippen LogP contribution is 2.33. The molecule has 1 atom stereocenters. The van der Waals surface area contributed by atoms with Crippen LogP contribution in [0, 0.1) is 12.8 Å². The lowest BCUT2D eigenvalue weighted by Gasteiger charge is -2.35. The first kappa shape index (κ1) is 25.4. The molecule has 1 unspecified atom stereocenters. The van der Waals surface area contributed by atoms with Gasteiger partial charge in [-0.1, -0.05) is 43.5 Å². The molecule has 0 N–H and O–H groups in total. The van der Waals surface area contributed by atoms with E-state index in [0.29, 0.717) is 34.7 Å². The van der Waals surface area contributed by atoms with Crippen LogP contribution in [-0.4, -0.2) is 52.4 Å². The molecule has 1 heterocycles. The quantitative estimate of drug-likeness (QED) is 0.422. The van der Waals surface area contributed by atoms with Crippen LogP contribution in [-0.2, 0) is 4.79 Å². The summed E-state index contributed by atoms with van der Waals surface area (Å²) in [7, 11) is 4.03. The standard InChI is InChI=1S/C28H35ClN4O2/c1-5-24(32(17-16-31(3)4)27(34)20-10-6-7-11-20)26-30-23-13-9-8-12-22(23)28(35)33(26)25-15-14-21(29)18-19(25)2/h8-9,12-15,18,20,24H,5-7,10-11,16-17H2,1-4H3. The van der Waals surface area contributed by atoms with Gasteiger partial charge in [-0.25, -0.2) is 4.98 Å². The summed E-state index contributed by atoms with van der Waals surface area (Å²) in [5.41, 5.74) is 2.15. The fourth-order valence-electron chi connectivity index (χ4n) is 5.15. The number of aromatic nitrogens is 2. The first-order chi connectivity index (χ1) is 16.8. The van der Waals surface area contributed by atoms with Gasteiger partial charge in [-0.2, -0.15) is 0 Å². The molecule has 0 spiro atoms. The first-order valence-electron chi connectivity index (χ1n) is 12.5. The van der Waals surface area contributed by atoms with E-state index < -0.39 is 0 Å². The van der Waals surface area contributed by atoms with Crippen LogP contribution in [0.4, 0.5) is 0 Å². The number of hydrogen-bond donors (Lipinski definition) is 0. The second kappa shape index (κ2) is 10.9. The normalized spacial score (nSPS) is 15.1. The molecule has 35 heavy (non-hydrogen) atoms. The van der Waals surface area contributed by atoms with Crippen LogP contribution in [0.2, 0.25) is 5.02 Å². The van der Waals surface area contributed by atoms with Gasteiger partial charge in [-0.3, -0.25) is 14.2 Å². The Balaban J connectivity index is 1.93. The Labute approximate surface area is 212 Å². The number of para-hydroxylation sites is 1. The molecule has 1 aliphatic carbocycles. The van der Waals surface area contributed by atoms with Crippen molar-refractivity contribution >= 4 is 28.4 Å². The van der Waals surface area contributed by atoms with Crippen molar-refractivity contribution in [3.05, 3.63) is 69.2 Å². The predicted molar refractivity (Wildman–Crippen MR) is 142 cm³/mol. The molecular weight excluding hydrogens is 460 g/mol. The molecule has 186 valence electrons. The third-order valence-electron chi connectivity index (χ3n) is 7.04. The number of benzene rings is 2. The van der Waals surface area contributed by atoms with Gasteiger partial charge in [-0.15, -0.1) is 0 Å². The van der Waals surface area contributed by atoms with Crippen LogP contribution in [0.3, 0.4) is 0 Å². The maximum Gasteiger partial charge on any atom is 0.266 e. The van der Waals surface area contributed by atoms with Crippen LogP contribution in [0.15, 0.2) is 47.3 Å². The van der Waals surface area contributed by atoms with Gasteiger partial charge >= 0.3 is 0 Å². The summed E-state index contributed by atoms with van der Waals surface area (Å²) in [5.74, 6) is 0.828. The summed E-state index contributed by atoms with van der Waals surface area (Å²) in [5, 5.41) is 1.17. The summed E-state index contributed by atoms with van der Waals surface area (Å²) in [6, 6.07) is 12.6. The molecule has 1 aliphatic rings. The van der Waals surface area contributed by atoms with Crippen molar-refractivity contribution in [1.82, 2.24) is 19.4 Å². The maximum absolute atomic E-state index is 13.9. The Kier molecular flexibility index (Phi) is 7.92. The van der Waals surface area contributed by atoms with E-state index in [-0.39, 0.29) is 23.4 Å². The van der Waals surface area contributed by atoms with Crippen LogP contribution in [0.1, 0.15) is 56.5 Å². The minimum absolute atomic E-state index is 0.0455. The van der Waals surface area contributed by atoms with Crippen molar-refractivity contribution in [2.24, 2.45) is 5.92 Å². The second-order valence-corrected chi connectivity index (χ2v) is 10.2. The molecule has 3 aromatic rings. The number of carbonyl (C=O) groups is 1. The molecule has 0 saturated heterocycles. The van der Waals surface area contributed by atoms with Crippen molar-refractivity contribution in [2.75, 3.05) is 27.2 Å². The van der Waals surface area contributed by atoms with E-state index in [0.717, 1.165) is 43.5 Å². The van der Waals surface area contributed by atoms with E-state index in [1.165, 1.54) is 0 Å². The molecule has 1 aromatic heterocycles. The number of nitrogens with zero attached hydrogens (tertiary/aromatic N) is 4. The average molecular weight is 495 g/mol. The van der Waals surface area contributed by atoms with Gasteiger partial charge in [0.25, 0.3) is 5.56 Å². The second-order valence-electron chi connectivity index (χ2n) is 9.80. The maximum atomic E-state index is 13.9. The summed E-state index contributed by atoms with van der Waals surface area (Å²) in [6.07, 6.45) is 4.71. The van der Waals surface area contributed by atoms with Crippen LogP contribution >= 0.6 is 11.6 Å². The fourth-order valence-corrected chi connectivity index (χ4v) is 5.38. The smallest absolute Gasteiger partial charge is 0.266 e. The summed E-state index contributed by atoms with van der Waals surface area (Å²) < 4.78 is 1.70. The van der Waals surface area contributed by atoms with Crippen molar-refractivity contribution in [1.29, 1.82) is 0 Å². The third kappa shape index (κ3) is 5.29. The number of likely N-dealkylation sites (N-methyl/N-ethyl adjacent to an activating group) is 1. The molecular formula is C28H35ClN4O2. The molecule has 1 saturated carbocycles. The van der Waals surface area contributed by atoms with Crippen molar-refractivity contribution in [3.63, 3.8) is 0 Å². The lowest BCUT2D eigenvalue weighted by Crippen LogP contribution is -2.44. The molecule has 2 aromatic carbocycles. The Morgan fingerprint density at radius 1 is 1.14 bits per heavy atom. The molecule has 0 aliphatic heterocycles. The van der Waals surface area contributed by atoms with E-state index in [2.05, 4.69) is 11.8 Å². The third-order valence-corrected chi connectivity index (χ3v) is 7.27. The van der Waals surface area contributed by atoms with E-state index in [9.17, 15) is 9.59 Å². The Morgan fingerprint density at radius 3 is 2.51 bits per heavy atom. The van der Waals surface area contributed by atoms with Gasteiger partial charge in [0.15, 0.2) is 0 Å². The molecule has 6 nitrogen and oxygen atoms in total. The van der Waals surface area contributed by atoms with Gasteiger partial charge in [-0.05, 0) is 76.2 Å². The van der Waals surface area contributed by atoms with Gasteiger partial charge in [0.05, 0.1) is 22.6 Å². The molecule has 1 fully saturated rings. The van der Waals surface area contributed by atoms with Crippen LogP contribution in [0.5, 0.6) is 0 Å². The minimum atomic E-state index is -0.324. The van der Waals surface area contributed by atoms with E-state index in [4.69, 9.17) is 16.6 Å². The van der Waals surface area contributed by atoms with Crippen molar-refractivity contribution < 1.29 is 4.79 Å². The highest BCUT2D eigenvalue weighted by Gasteiger charge is 2.34. The Bertz CT molecular complexity index is 1260. The van der Waals surface area contributed by atoms with Crippen LogP contribution in [0.25, 0.3) is 16.6 Å². The molecule has 0 radical (unpaired) electrons. The number of halogens is 1. The van der Waals surface area contributed by atoms with Crippen molar-refractivity contribution in [3.8, 4) is 5.69 Å². The van der Waals surface area contributed by atoms with Gasteiger partial charge in [0.2, 0.25) is 5.91 Å². The molecule has 7 heteroatoms. The summed E-state index contributed by atoms with van der Waals surface area (Å²) in [6.45, 7) is 5.34. The highest BCUT2D eigenvalue weighted by atomic mass is 35.5. The first-order valence-corrected chi connectivity index (χ1v) is 12.9. The van der Waals surface area contributed by atoms with Gasteiger partial charge < -0.3 is 9.80 Å². The Morgan fingerprint density at radius 2 is 1.86 bits per heavy atom. The fraction of sp³-hybridized carbons (Fsp3) is 0.464. The minimum Gasteiger partial charge on any atom is -0.331 e. The lowest BCUT2D eigenvalue weighted by atomic mass is 10.0. The van der Waals surface area contributed by atoms with Crippen molar-refractivity contribution in [2.45, 2.75) is 52.0 Å². The monoisotopic (exact) mass is 494 g/mol. The largest absolute Gasteiger partial charge is 0.331 e. The number of carbonyl (C=O) groups excluding carboxylic acids is 1. The molecule has 1 amide bonds. The SMILES string of the molecule is CCC(c1nc2ccccc2c(=O)n1-c1ccc(Cl)cc1C)N(CCN(C)C)C(=O)C1CCCC1. The highest BCUT2D eigenvalue weighted by molar-refractivity contribution is 6.30. The average Bonchev–Trinajstić information content (AvgIpc) is 3.37. The number of fused-ring (bicyclic) bond motifs is 1. The van der Waals surface area contributed by atoms with Gasteiger partial charge in [0, 0.05) is 24.0 Å². The zero-order chi connectivity index (χ0) is 25.1. The molecule has 4 rings (SSSR count). The number of rotatable bonds is 8. The zero-order valence-corrected chi connectivity index (χ0v) is 21.9. The number of aryl methyl sites for hydroxylation is 1. The van der Waals surface area contributed by atoms with E-state index in [1.807, 2.05) is 62.3 Å². The summed E-state index contributed by atoms with van der Waals surface area (Å²) >= 11 is 6.24.